The van der Waals surface area contributed by atoms with Crippen molar-refractivity contribution in [3.05, 3.63) is 64.1 Å². The number of hydrogen-bond donors (Lipinski definition) is 1. The van der Waals surface area contributed by atoms with Gasteiger partial charge in [-0.3, -0.25) is 9.59 Å². The molecule has 0 aliphatic heterocycles. The van der Waals surface area contributed by atoms with Crippen LogP contribution in [0.3, 0.4) is 0 Å². The Kier molecular flexibility index (Phi) is 5.46. The van der Waals surface area contributed by atoms with E-state index < -0.39 is 0 Å². The van der Waals surface area contributed by atoms with Gasteiger partial charge in [0.25, 0.3) is 0 Å². The maximum absolute atomic E-state index is 12.8. The number of halogens is 1. The van der Waals surface area contributed by atoms with Crippen LogP contribution < -0.4 is 5.32 Å². The second-order valence-corrected chi connectivity index (χ2v) is 7.12. The monoisotopic (exact) mass is 385 g/mol. The number of ketones is 1. The second-order valence-electron chi connectivity index (χ2n) is 6.21. The fourth-order valence-electron chi connectivity index (χ4n) is 3.16. The Balaban J connectivity index is 1.85. The number of carbonyl (C=O) groups is 2. The first-order chi connectivity index (χ1) is 11.6. The Morgan fingerprint density at radius 3 is 2.38 bits per heavy atom. The molecule has 3 nitrogen and oxygen atoms in total. The molecule has 0 unspecified atom stereocenters. The van der Waals surface area contributed by atoms with E-state index in [1.807, 2.05) is 24.3 Å². The van der Waals surface area contributed by atoms with Crippen molar-refractivity contribution in [2.75, 3.05) is 5.32 Å². The lowest BCUT2D eigenvalue weighted by Gasteiger charge is -2.21. The average molecular weight is 386 g/mol. The molecule has 0 atom stereocenters. The zero-order valence-electron chi connectivity index (χ0n) is 13.4. The topological polar surface area (TPSA) is 46.2 Å². The summed E-state index contributed by atoms with van der Waals surface area (Å²) in [7, 11) is 0. The van der Waals surface area contributed by atoms with Crippen molar-refractivity contribution < 1.29 is 9.59 Å². The molecule has 0 saturated heterocycles. The van der Waals surface area contributed by atoms with Crippen LogP contribution in [0.4, 0.5) is 5.69 Å². The van der Waals surface area contributed by atoms with E-state index in [0.29, 0.717) is 16.8 Å². The van der Waals surface area contributed by atoms with Crippen molar-refractivity contribution in [1.82, 2.24) is 0 Å². The van der Waals surface area contributed by atoms with Crippen molar-refractivity contribution in [3.8, 4) is 0 Å². The van der Waals surface area contributed by atoms with E-state index in [4.69, 9.17) is 0 Å². The molecule has 4 heteroatoms. The number of anilines is 1. The molecular weight excluding hydrogens is 366 g/mol. The minimum Gasteiger partial charge on any atom is -0.325 e. The van der Waals surface area contributed by atoms with E-state index in [2.05, 4.69) is 21.2 Å². The highest BCUT2D eigenvalue weighted by Gasteiger charge is 2.23. The summed E-state index contributed by atoms with van der Waals surface area (Å²) in [5.41, 5.74) is 1.71. The van der Waals surface area contributed by atoms with Crippen LogP contribution in [0.25, 0.3) is 0 Å². The smallest absolute Gasteiger partial charge is 0.227 e. The van der Waals surface area contributed by atoms with Crippen LogP contribution in [0.5, 0.6) is 0 Å². The zero-order chi connectivity index (χ0) is 16.9. The van der Waals surface area contributed by atoms with E-state index in [0.717, 1.165) is 30.2 Å². The Bertz CT molecular complexity index is 737. The molecule has 0 aromatic heterocycles. The largest absolute Gasteiger partial charge is 0.325 e. The molecule has 1 aliphatic carbocycles. The number of amides is 1. The lowest BCUT2D eigenvalue weighted by Crippen LogP contribution is -2.25. The van der Waals surface area contributed by atoms with Gasteiger partial charge >= 0.3 is 0 Å². The van der Waals surface area contributed by atoms with Gasteiger partial charge in [0.05, 0.1) is 5.69 Å². The Labute approximate surface area is 150 Å². The molecule has 1 amide bonds. The fourth-order valence-corrected chi connectivity index (χ4v) is 3.52. The molecular formula is C20H20BrNO2. The van der Waals surface area contributed by atoms with E-state index in [1.165, 1.54) is 6.42 Å². The van der Waals surface area contributed by atoms with Crippen molar-refractivity contribution >= 4 is 33.3 Å². The first kappa shape index (κ1) is 16.9. The van der Waals surface area contributed by atoms with Crippen molar-refractivity contribution in [2.24, 2.45) is 5.92 Å². The fraction of sp³-hybridized carbons (Fsp3) is 0.300. The third-order valence-corrected chi connectivity index (χ3v) is 4.99. The van der Waals surface area contributed by atoms with Crippen LogP contribution in [0.15, 0.2) is 53.0 Å². The molecule has 0 bridgehead atoms. The van der Waals surface area contributed by atoms with Crippen molar-refractivity contribution in [3.63, 3.8) is 0 Å². The predicted octanol–water partition coefficient (Wildman–Crippen LogP) is 5.20. The van der Waals surface area contributed by atoms with Crippen LogP contribution >= 0.6 is 15.9 Å². The molecule has 1 N–H and O–H groups in total. The van der Waals surface area contributed by atoms with Crippen molar-refractivity contribution in [2.45, 2.75) is 32.1 Å². The molecule has 2 aromatic rings. The van der Waals surface area contributed by atoms with Gasteiger partial charge in [0.2, 0.25) is 5.91 Å². The van der Waals surface area contributed by atoms with E-state index in [9.17, 15) is 9.59 Å². The molecule has 2 aromatic carbocycles. The normalized spacial score (nSPS) is 15.0. The van der Waals surface area contributed by atoms with Gasteiger partial charge in [-0.2, -0.15) is 0 Å². The van der Waals surface area contributed by atoms with Crippen LogP contribution in [0.1, 0.15) is 48.0 Å². The molecule has 24 heavy (non-hydrogen) atoms. The average Bonchev–Trinajstić information content (AvgIpc) is 2.64. The lowest BCUT2D eigenvalue weighted by atomic mass is 9.88. The third kappa shape index (κ3) is 3.93. The minimum atomic E-state index is -0.0872. The maximum Gasteiger partial charge on any atom is 0.227 e. The second kappa shape index (κ2) is 7.75. The quantitative estimate of drug-likeness (QED) is 0.735. The van der Waals surface area contributed by atoms with Crippen LogP contribution in [0, 0.1) is 5.92 Å². The van der Waals surface area contributed by atoms with E-state index in [-0.39, 0.29) is 17.6 Å². The highest BCUT2D eigenvalue weighted by atomic mass is 79.9. The maximum atomic E-state index is 12.8. The summed E-state index contributed by atoms with van der Waals surface area (Å²) in [6, 6.07) is 14.5. The lowest BCUT2D eigenvalue weighted by molar-refractivity contribution is -0.120. The van der Waals surface area contributed by atoms with Crippen LogP contribution in [0.2, 0.25) is 0 Å². The van der Waals surface area contributed by atoms with Gasteiger partial charge in [0.15, 0.2) is 5.78 Å². The summed E-state index contributed by atoms with van der Waals surface area (Å²) in [5.74, 6) is -0.00273. The molecule has 124 valence electrons. The zero-order valence-corrected chi connectivity index (χ0v) is 15.0. The summed E-state index contributed by atoms with van der Waals surface area (Å²) in [6.45, 7) is 0. The summed E-state index contributed by atoms with van der Waals surface area (Å²) in [6.07, 6.45) is 5.29. The highest BCUT2D eigenvalue weighted by Crippen LogP contribution is 2.28. The molecule has 0 heterocycles. The molecule has 1 fully saturated rings. The SMILES string of the molecule is O=C(c1ccccc1)c1cc(Br)ccc1NC(=O)C1CCCCC1. The Morgan fingerprint density at radius 1 is 0.958 bits per heavy atom. The molecule has 0 radical (unpaired) electrons. The number of rotatable bonds is 4. The molecule has 0 spiro atoms. The summed E-state index contributed by atoms with van der Waals surface area (Å²) in [4.78, 5) is 25.3. The Hall–Kier alpha value is -1.94. The van der Waals surface area contributed by atoms with Crippen LogP contribution in [-0.4, -0.2) is 11.7 Å². The third-order valence-electron chi connectivity index (χ3n) is 4.50. The van der Waals surface area contributed by atoms with Gasteiger partial charge in [-0.1, -0.05) is 65.5 Å². The van der Waals surface area contributed by atoms with Gasteiger partial charge in [0.1, 0.15) is 0 Å². The number of benzene rings is 2. The standard InChI is InChI=1S/C20H20BrNO2/c21-16-11-12-18(22-20(24)15-9-5-2-6-10-15)17(13-16)19(23)14-7-3-1-4-8-14/h1,3-4,7-8,11-13,15H,2,5-6,9-10H2,(H,22,24). The molecule has 1 aliphatic rings. The number of nitrogens with one attached hydrogen (secondary N) is 1. The van der Waals surface area contributed by atoms with E-state index in [1.54, 1.807) is 24.3 Å². The minimum absolute atomic E-state index is 0.0270. The van der Waals surface area contributed by atoms with Gasteiger partial charge in [0, 0.05) is 21.5 Å². The summed E-state index contributed by atoms with van der Waals surface area (Å²) >= 11 is 3.42. The van der Waals surface area contributed by atoms with Gasteiger partial charge in [-0.25, -0.2) is 0 Å². The molecule has 1 saturated carbocycles. The predicted molar refractivity (Wildman–Crippen MR) is 99.2 cm³/mol. The van der Waals surface area contributed by atoms with E-state index >= 15 is 0 Å². The summed E-state index contributed by atoms with van der Waals surface area (Å²) < 4.78 is 0.817. The number of hydrogen-bond acceptors (Lipinski definition) is 2. The highest BCUT2D eigenvalue weighted by molar-refractivity contribution is 9.10. The van der Waals surface area contributed by atoms with Gasteiger partial charge in [-0.05, 0) is 31.0 Å². The number of carbonyl (C=O) groups excluding carboxylic acids is 2. The van der Waals surface area contributed by atoms with Crippen LogP contribution in [-0.2, 0) is 4.79 Å². The van der Waals surface area contributed by atoms with Gasteiger partial charge < -0.3 is 5.32 Å². The Morgan fingerprint density at radius 2 is 1.67 bits per heavy atom. The van der Waals surface area contributed by atoms with Gasteiger partial charge in [-0.15, -0.1) is 0 Å². The van der Waals surface area contributed by atoms with Crippen molar-refractivity contribution in [1.29, 1.82) is 0 Å². The first-order valence-electron chi connectivity index (χ1n) is 8.35. The molecule has 3 rings (SSSR count). The first-order valence-corrected chi connectivity index (χ1v) is 9.14. The summed E-state index contributed by atoms with van der Waals surface area (Å²) in [5, 5.41) is 2.98.